The van der Waals surface area contributed by atoms with E-state index < -0.39 is 11.2 Å². The highest BCUT2D eigenvalue weighted by Crippen LogP contribution is 2.32. The molecule has 0 saturated heterocycles. The number of primary amides is 1. The van der Waals surface area contributed by atoms with Gasteiger partial charge in [-0.2, -0.15) is 0 Å². The van der Waals surface area contributed by atoms with Crippen molar-refractivity contribution in [3.8, 4) is 34.0 Å². The van der Waals surface area contributed by atoms with E-state index >= 15 is 0 Å². The number of ether oxygens (including phenoxy) is 2. The van der Waals surface area contributed by atoms with Crippen LogP contribution in [-0.2, 0) is 4.79 Å². The normalized spacial score (nSPS) is 11.4. The second kappa shape index (κ2) is 11.5. The Bertz CT molecular complexity index is 1410. The molecule has 0 aliphatic heterocycles. The summed E-state index contributed by atoms with van der Waals surface area (Å²) in [5.74, 6) is 0.489. The third-order valence-electron chi connectivity index (χ3n) is 5.50. The summed E-state index contributed by atoms with van der Waals surface area (Å²) in [4.78, 5) is 29.3. The molecule has 37 heavy (non-hydrogen) atoms. The number of hydrogen-bond acceptors (Lipinski definition) is 8. The van der Waals surface area contributed by atoms with Crippen molar-refractivity contribution in [2.24, 2.45) is 5.73 Å². The molecule has 0 aliphatic rings. The first-order valence-electron chi connectivity index (χ1n) is 11.3. The average Bonchev–Trinajstić information content (AvgIpc) is 2.93. The largest absolute Gasteiger partial charge is 0.497 e. The molecule has 0 spiro atoms. The van der Waals surface area contributed by atoms with Crippen LogP contribution in [0.3, 0.4) is 0 Å². The van der Waals surface area contributed by atoms with Gasteiger partial charge < -0.3 is 20.5 Å². The smallest absolute Gasteiger partial charge is 0.250 e. The topological polar surface area (TPSA) is 129 Å². The van der Waals surface area contributed by atoms with E-state index in [1.165, 1.54) is 0 Å². The van der Waals surface area contributed by atoms with Gasteiger partial charge >= 0.3 is 0 Å². The van der Waals surface area contributed by atoms with E-state index in [-0.39, 0.29) is 11.5 Å². The monoisotopic (exact) mass is 515 g/mol. The standard InChI is InChI=1S/C27H25N5O4S/c1-16(26(34)29-22-7-5-4-6-21(22)25(28)33)37-27-30-23(17-8-12-19(35-2)13-9-17)24(31-32-27)18-10-14-20(36-3)15-11-18/h4-16H,1-3H3,(H2,28,33)(H,29,34). The van der Waals surface area contributed by atoms with Gasteiger partial charge in [-0.3, -0.25) is 9.59 Å². The third-order valence-corrected chi connectivity index (χ3v) is 6.45. The summed E-state index contributed by atoms with van der Waals surface area (Å²) >= 11 is 1.15. The van der Waals surface area contributed by atoms with Crippen LogP contribution in [0.5, 0.6) is 11.5 Å². The Hall–Kier alpha value is -4.44. The lowest BCUT2D eigenvalue weighted by atomic mass is 10.0. The number of para-hydroxylation sites is 1. The first kappa shape index (κ1) is 25.6. The number of carbonyl (C=O) groups is 2. The van der Waals surface area contributed by atoms with E-state index in [0.717, 1.165) is 28.6 Å². The van der Waals surface area contributed by atoms with Gasteiger partial charge in [0, 0.05) is 11.1 Å². The van der Waals surface area contributed by atoms with Gasteiger partial charge in [-0.05, 0) is 67.6 Å². The number of nitrogens with two attached hydrogens (primary N) is 1. The summed E-state index contributed by atoms with van der Waals surface area (Å²) in [6.45, 7) is 1.72. The van der Waals surface area contributed by atoms with Crippen molar-refractivity contribution in [3.63, 3.8) is 0 Å². The average molecular weight is 516 g/mol. The number of nitrogens with one attached hydrogen (secondary N) is 1. The van der Waals surface area contributed by atoms with Crippen molar-refractivity contribution in [1.82, 2.24) is 15.2 Å². The molecule has 1 unspecified atom stereocenters. The Kier molecular flexibility index (Phi) is 7.99. The fraction of sp³-hybridized carbons (Fsp3) is 0.148. The summed E-state index contributed by atoms with van der Waals surface area (Å²) in [6, 6.07) is 21.5. The van der Waals surface area contributed by atoms with Gasteiger partial charge in [0.05, 0.1) is 30.7 Å². The van der Waals surface area contributed by atoms with Gasteiger partial charge in [0.1, 0.15) is 22.9 Å². The van der Waals surface area contributed by atoms with Crippen LogP contribution in [0.1, 0.15) is 17.3 Å². The molecule has 1 heterocycles. The van der Waals surface area contributed by atoms with Crippen molar-refractivity contribution < 1.29 is 19.1 Å². The zero-order valence-corrected chi connectivity index (χ0v) is 21.3. The van der Waals surface area contributed by atoms with Gasteiger partial charge in [0.2, 0.25) is 11.1 Å². The van der Waals surface area contributed by atoms with Gasteiger partial charge in [-0.15, -0.1) is 10.2 Å². The van der Waals surface area contributed by atoms with Crippen LogP contribution in [0.2, 0.25) is 0 Å². The third kappa shape index (κ3) is 6.04. The molecule has 4 rings (SSSR count). The van der Waals surface area contributed by atoms with Crippen LogP contribution in [-0.4, -0.2) is 46.5 Å². The molecular weight excluding hydrogens is 490 g/mol. The molecular formula is C27H25N5O4S. The maximum Gasteiger partial charge on any atom is 0.250 e. The first-order chi connectivity index (χ1) is 17.9. The molecule has 0 fully saturated rings. The lowest BCUT2D eigenvalue weighted by Crippen LogP contribution is -2.25. The maximum absolute atomic E-state index is 12.9. The summed E-state index contributed by atoms with van der Waals surface area (Å²) in [6.07, 6.45) is 0. The fourth-order valence-electron chi connectivity index (χ4n) is 3.51. The molecule has 2 amide bonds. The second-order valence-corrected chi connectivity index (χ2v) is 9.22. The number of hydrogen-bond donors (Lipinski definition) is 2. The van der Waals surface area contributed by atoms with Crippen LogP contribution < -0.4 is 20.5 Å². The Balaban J connectivity index is 1.63. The molecule has 1 atom stereocenters. The van der Waals surface area contributed by atoms with E-state index in [4.69, 9.17) is 20.2 Å². The Labute approximate surface area is 218 Å². The highest BCUT2D eigenvalue weighted by atomic mass is 32.2. The van der Waals surface area contributed by atoms with Crippen LogP contribution in [0.15, 0.2) is 78.0 Å². The highest BCUT2D eigenvalue weighted by molar-refractivity contribution is 8.00. The zero-order valence-electron chi connectivity index (χ0n) is 20.5. The number of anilines is 1. The van der Waals surface area contributed by atoms with E-state index in [1.54, 1.807) is 45.4 Å². The van der Waals surface area contributed by atoms with Crippen LogP contribution in [0.4, 0.5) is 5.69 Å². The Morgan fingerprint density at radius 3 is 1.97 bits per heavy atom. The fourth-order valence-corrected chi connectivity index (χ4v) is 4.22. The van der Waals surface area contributed by atoms with Crippen LogP contribution in [0, 0.1) is 0 Å². The van der Waals surface area contributed by atoms with Crippen molar-refractivity contribution in [2.45, 2.75) is 17.3 Å². The summed E-state index contributed by atoms with van der Waals surface area (Å²) in [5.41, 5.74) is 8.83. The Morgan fingerprint density at radius 2 is 1.41 bits per heavy atom. The van der Waals surface area contributed by atoms with E-state index in [9.17, 15) is 9.59 Å². The van der Waals surface area contributed by atoms with Crippen molar-refractivity contribution in [2.75, 3.05) is 19.5 Å². The molecule has 188 valence electrons. The zero-order chi connectivity index (χ0) is 26.4. The van der Waals surface area contributed by atoms with Crippen molar-refractivity contribution >= 4 is 29.3 Å². The number of thioether (sulfide) groups is 1. The van der Waals surface area contributed by atoms with E-state index in [2.05, 4.69) is 15.5 Å². The SMILES string of the molecule is COc1ccc(-c2nnc(SC(C)C(=O)Nc3ccccc3C(N)=O)nc2-c2ccc(OC)cc2)cc1. The second-order valence-electron chi connectivity index (χ2n) is 7.91. The Morgan fingerprint density at radius 1 is 0.838 bits per heavy atom. The molecule has 9 nitrogen and oxygen atoms in total. The molecule has 0 saturated carbocycles. The van der Waals surface area contributed by atoms with Crippen LogP contribution >= 0.6 is 11.8 Å². The number of nitrogens with zero attached hydrogens (tertiary/aromatic N) is 3. The van der Waals surface area contributed by atoms with E-state index in [1.807, 2.05) is 48.5 Å². The van der Waals surface area contributed by atoms with Crippen molar-refractivity contribution in [3.05, 3.63) is 78.4 Å². The molecule has 0 aliphatic carbocycles. The minimum absolute atomic E-state index is 0.233. The predicted octanol–water partition coefficient (Wildman–Crippen LogP) is 4.44. The van der Waals surface area contributed by atoms with Gasteiger partial charge in [0.25, 0.3) is 5.91 Å². The molecule has 3 aromatic carbocycles. The lowest BCUT2D eigenvalue weighted by Gasteiger charge is -2.14. The van der Waals surface area contributed by atoms with Crippen molar-refractivity contribution in [1.29, 1.82) is 0 Å². The number of rotatable bonds is 9. The number of carbonyl (C=O) groups excluding carboxylic acids is 2. The minimum Gasteiger partial charge on any atom is -0.497 e. The van der Waals surface area contributed by atoms with Gasteiger partial charge in [-0.1, -0.05) is 23.9 Å². The molecule has 10 heteroatoms. The quantitative estimate of drug-likeness (QED) is 0.313. The highest BCUT2D eigenvalue weighted by Gasteiger charge is 2.21. The lowest BCUT2D eigenvalue weighted by molar-refractivity contribution is -0.115. The summed E-state index contributed by atoms with van der Waals surface area (Å²) in [7, 11) is 3.21. The number of methoxy groups -OCH3 is 2. The minimum atomic E-state index is -0.623. The van der Waals surface area contributed by atoms with Gasteiger partial charge in [-0.25, -0.2) is 4.98 Å². The molecule has 0 radical (unpaired) electrons. The predicted molar refractivity (Wildman–Crippen MR) is 143 cm³/mol. The van der Waals surface area contributed by atoms with Gasteiger partial charge in [0.15, 0.2) is 0 Å². The number of benzene rings is 3. The van der Waals surface area contributed by atoms with E-state index in [0.29, 0.717) is 28.0 Å². The summed E-state index contributed by atoms with van der Waals surface area (Å²) < 4.78 is 10.5. The maximum atomic E-state index is 12.9. The van der Waals surface area contributed by atoms with Crippen LogP contribution in [0.25, 0.3) is 22.5 Å². The molecule has 1 aromatic heterocycles. The number of amides is 2. The molecule has 3 N–H and O–H groups in total. The number of aromatic nitrogens is 3. The molecule has 4 aromatic rings. The molecule has 0 bridgehead atoms. The first-order valence-corrected chi connectivity index (χ1v) is 12.2. The summed E-state index contributed by atoms with van der Waals surface area (Å²) in [5, 5.41) is 11.2.